The standard InChI is InChI=1S/C42H55N3O6/c1-28(2)26-33(43-38(50)51-39(3,4)5)35(46)44-24-21-42(22-25-44,31-12-10-9-11-13-31)37(49)45-23-19-34-40(6,7)32(18-20-41(34,8)27-45)29-14-16-30(17-15-29)36(47)48/h9-19,28,33H,20-27H2,1-8H3,(H,43,50)(H,47,48)/t33?,41-/m1/s1. The zero-order chi connectivity index (χ0) is 37.4. The van der Waals surface area contributed by atoms with E-state index in [0.29, 0.717) is 45.4 Å². The third kappa shape index (κ3) is 7.92. The quantitative estimate of drug-likeness (QED) is 0.277. The van der Waals surface area contributed by atoms with E-state index in [4.69, 9.17) is 4.74 Å². The predicted octanol–water partition coefficient (Wildman–Crippen LogP) is 7.47. The van der Waals surface area contributed by atoms with E-state index in [-0.39, 0.29) is 34.1 Å². The Bertz CT molecular complexity index is 1690. The van der Waals surface area contributed by atoms with Gasteiger partial charge in [0, 0.05) is 37.0 Å². The van der Waals surface area contributed by atoms with Crippen molar-refractivity contribution in [2.24, 2.45) is 16.7 Å². The van der Waals surface area contributed by atoms with Crippen molar-refractivity contribution in [2.75, 3.05) is 26.2 Å². The first kappa shape index (κ1) is 37.8. The summed E-state index contributed by atoms with van der Waals surface area (Å²) in [5, 5.41) is 12.2. The van der Waals surface area contributed by atoms with Crippen molar-refractivity contribution in [3.8, 4) is 0 Å². The van der Waals surface area contributed by atoms with E-state index in [9.17, 15) is 24.3 Å². The van der Waals surface area contributed by atoms with Crippen molar-refractivity contribution in [3.05, 3.63) is 89.0 Å². The molecule has 2 atom stereocenters. The van der Waals surface area contributed by atoms with Crippen LogP contribution in [0.4, 0.5) is 4.79 Å². The lowest BCUT2D eigenvalue weighted by atomic mass is 9.58. The van der Waals surface area contributed by atoms with Gasteiger partial charge < -0.3 is 25.0 Å². The molecule has 0 bridgehead atoms. The molecule has 2 N–H and O–H groups in total. The molecule has 51 heavy (non-hydrogen) atoms. The molecule has 2 aromatic rings. The maximum Gasteiger partial charge on any atom is 0.408 e. The Morgan fingerprint density at radius 1 is 0.902 bits per heavy atom. The van der Waals surface area contributed by atoms with Gasteiger partial charge in [-0.2, -0.15) is 0 Å². The average molecular weight is 698 g/mol. The summed E-state index contributed by atoms with van der Waals surface area (Å²) in [5.74, 6) is -0.830. The van der Waals surface area contributed by atoms with Gasteiger partial charge in [-0.15, -0.1) is 0 Å². The summed E-state index contributed by atoms with van der Waals surface area (Å²) in [4.78, 5) is 56.8. The lowest BCUT2D eigenvalue weighted by Crippen LogP contribution is -2.59. The maximum atomic E-state index is 14.9. The lowest BCUT2D eigenvalue weighted by molar-refractivity contribution is -0.144. The number of amides is 3. The van der Waals surface area contributed by atoms with Crippen LogP contribution in [0.15, 0.2) is 72.3 Å². The topological polar surface area (TPSA) is 116 Å². The van der Waals surface area contributed by atoms with Crippen LogP contribution in [0.1, 0.15) is 103 Å². The summed E-state index contributed by atoms with van der Waals surface area (Å²) in [6.45, 7) is 18.0. The number of carboxylic acids is 1. The second kappa shape index (κ2) is 14.3. The highest BCUT2D eigenvalue weighted by Crippen LogP contribution is 2.55. The molecule has 5 rings (SSSR count). The second-order valence-corrected chi connectivity index (χ2v) is 16.8. The van der Waals surface area contributed by atoms with Gasteiger partial charge in [0.2, 0.25) is 11.8 Å². The molecule has 9 heteroatoms. The van der Waals surface area contributed by atoms with E-state index < -0.39 is 29.1 Å². The van der Waals surface area contributed by atoms with Gasteiger partial charge in [-0.25, -0.2) is 9.59 Å². The van der Waals surface area contributed by atoms with Crippen LogP contribution in [0, 0.1) is 16.7 Å². The van der Waals surface area contributed by atoms with Crippen molar-refractivity contribution >= 4 is 29.5 Å². The zero-order valence-electron chi connectivity index (χ0n) is 31.5. The number of ether oxygens (including phenoxy) is 1. The summed E-state index contributed by atoms with van der Waals surface area (Å²) >= 11 is 0. The van der Waals surface area contributed by atoms with E-state index in [0.717, 1.165) is 23.1 Å². The Morgan fingerprint density at radius 3 is 2.10 bits per heavy atom. The monoisotopic (exact) mass is 697 g/mol. The normalized spacial score (nSPS) is 21.9. The molecule has 1 unspecified atom stereocenters. The third-order valence-electron chi connectivity index (χ3n) is 10.9. The molecular weight excluding hydrogens is 642 g/mol. The first-order valence-electron chi connectivity index (χ1n) is 18.2. The van der Waals surface area contributed by atoms with Gasteiger partial charge in [0.25, 0.3) is 0 Å². The minimum absolute atomic E-state index is 0.0831. The fraction of sp³-hybridized carbons (Fsp3) is 0.524. The van der Waals surface area contributed by atoms with Crippen LogP contribution >= 0.6 is 0 Å². The van der Waals surface area contributed by atoms with Gasteiger partial charge in [-0.1, -0.05) is 94.8 Å². The largest absolute Gasteiger partial charge is 0.478 e. The summed E-state index contributed by atoms with van der Waals surface area (Å²) in [6.07, 6.45) is 6.08. The molecule has 0 spiro atoms. The van der Waals surface area contributed by atoms with Gasteiger partial charge in [-0.05, 0) is 81.2 Å². The zero-order valence-corrected chi connectivity index (χ0v) is 31.5. The van der Waals surface area contributed by atoms with Crippen LogP contribution in [0.3, 0.4) is 0 Å². The number of aromatic carboxylic acids is 1. The molecule has 2 aliphatic heterocycles. The van der Waals surface area contributed by atoms with Crippen LogP contribution in [0.25, 0.3) is 5.57 Å². The number of carbonyl (C=O) groups is 4. The molecule has 274 valence electrons. The number of piperidine rings is 1. The number of alkyl carbamates (subject to hydrolysis) is 1. The molecule has 9 nitrogen and oxygen atoms in total. The summed E-state index contributed by atoms with van der Waals surface area (Å²) in [6, 6.07) is 16.3. The maximum absolute atomic E-state index is 14.9. The van der Waals surface area contributed by atoms with Gasteiger partial charge in [-0.3, -0.25) is 9.59 Å². The molecule has 1 aliphatic carbocycles. The lowest BCUT2D eigenvalue weighted by Gasteiger charge is -2.52. The molecule has 0 aromatic heterocycles. The number of fused-ring (bicyclic) bond motifs is 1. The Labute approximate surface area is 303 Å². The molecule has 2 aromatic carbocycles. The Morgan fingerprint density at radius 2 is 1.53 bits per heavy atom. The van der Waals surface area contributed by atoms with E-state index in [1.165, 1.54) is 5.57 Å². The van der Waals surface area contributed by atoms with Gasteiger partial charge in [0.15, 0.2) is 0 Å². The van der Waals surface area contributed by atoms with Crippen molar-refractivity contribution < 1.29 is 29.0 Å². The smallest absolute Gasteiger partial charge is 0.408 e. The van der Waals surface area contributed by atoms with Crippen LogP contribution in [-0.4, -0.2) is 76.6 Å². The van der Waals surface area contributed by atoms with Crippen molar-refractivity contribution in [1.29, 1.82) is 0 Å². The molecular formula is C42H55N3O6. The average Bonchev–Trinajstić information content (AvgIpc) is 3.06. The summed E-state index contributed by atoms with van der Waals surface area (Å²) in [5.41, 5.74) is 2.64. The molecule has 0 radical (unpaired) electrons. The highest BCUT2D eigenvalue weighted by Gasteiger charge is 2.51. The number of hydrogen-bond donors (Lipinski definition) is 2. The number of allylic oxidation sites excluding steroid dienone is 2. The van der Waals surface area contributed by atoms with E-state index >= 15 is 0 Å². The van der Waals surface area contributed by atoms with E-state index in [1.54, 1.807) is 37.8 Å². The predicted molar refractivity (Wildman–Crippen MR) is 199 cm³/mol. The van der Waals surface area contributed by atoms with Gasteiger partial charge in [0.05, 0.1) is 11.0 Å². The van der Waals surface area contributed by atoms with E-state index in [2.05, 4.69) is 38.2 Å². The molecule has 2 heterocycles. The molecule has 1 fully saturated rings. The van der Waals surface area contributed by atoms with Gasteiger partial charge >= 0.3 is 12.1 Å². The number of benzene rings is 2. The van der Waals surface area contributed by atoms with Crippen LogP contribution in [0.5, 0.6) is 0 Å². The number of nitrogens with one attached hydrogen (secondary N) is 1. The summed E-state index contributed by atoms with van der Waals surface area (Å²) in [7, 11) is 0. The molecule has 3 amide bonds. The number of carbonyl (C=O) groups excluding carboxylic acids is 3. The van der Waals surface area contributed by atoms with Crippen molar-refractivity contribution in [1.82, 2.24) is 15.1 Å². The van der Waals surface area contributed by atoms with Crippen LogP contribution in [0.2, 0.25) is 0 Å². The fourth-order valence-corrected chi connectivity index (χ4v) is 8.51. The Balaban J connectivity index is 1.36. The van der Waals surface area contributed by atoms with Crippen LogP contribution in [-0.2, 0) is 19.7 Å². The highest BCUT2D eigenvalue weighted by molar-refractivity contribution is 5.91. The minimum atomic E-state index is -0.943. The Kier molecular flexibility index (Phi) is 10.6. The number of likely N-dealkylation sites (tertiary alicyclic amines) is 1. The molecule has 0 saturated carbocycles. The second-order valence-electron chi connectivity index (χ2n) is 16.8. The van der Waals surface area contributed by atoms with Crippen molar-refractivity contribution in [3.63, 3.8) is 0 Å². The first-order chi connectivity index (χ1) is 23.9. The van der Waals surface area contributed by atoms with Crippen molar-refractivity contribution in [2.45, 2.75) is 98.1 Å². The SMILES string of the molecule is CC(C)CC(NC(=O)OC(C)(C)C)C(=O)N1CCC(C(=O)N2CC=C3C(C)(C)C(c4ccc(C(=O)O)cc4)=CC[C@]3(C)C2)(c2ccccc2)CC1. The number of rotatable bonds is 8. The minimum Gasteiger partial charge on any atom is -0.478 e. The summed E-state index contributed by atoms with van der Waals surface area (Å²) < 4.78 is 5.48. The number of carboxylic acid groups (broad SMARTS) is 1. The number of nitrogens with zero attached hydrogens (tertiary/aromatic N) is 2. The van der Waals surface area contributed by atoms with E-state index in [1.807, 2.05) is 61.2 Å². The molecule has 1 saturated heterocycles. The molecule has 3 aliphatic rings. The third-order valence-corrected chi connectivity index (χ3v) is 10.9. The Hall–Kier alpha value is -4.40. The number of hydrogen-bond acceptors (Lipinski definition) is 5. The van der Waals surface area contributed by atoms with Crippen LogP contribution < -0.4 is 5.32 Å². The first-order valence-corrected chi connectivity index (χ1v) is 18.2. The van der Waals surface area contributed by atoms with Gasteiger partial charge in [0.1, 0.15) is 11.6 Å². The highest BCUT2D eigenvalue weighted by atomic mass is 16.6. The fourth-order valence-electron chi connectivity index (χ4n) is 8.51.